The molecule has 8 heteroatoms. The minimum atomic E-state index is -3.85. The Morgan fingerprint density at radius 3 is 2.03 bits per heavy atom. The maximum atomic E-state index is 12.9. The number of anilines is 3. The van der Waals surface area contributed by atoms with Crippen LogP contribution in [0.3, 0.4) is 0 Å². The van der Waals surface area contributed by atoms with Gasteiger partial charge in [0.2, 0.25) is 0 Å². The molecule has 0 atom stereocenters. The van der Waals surface area contributed by atoms with Gasteiger partial charge in [-0.25, -0.2) is 18.4 Å². The van der Waals surface area contributed by atoms with E-state index in [9.17, 15) is 8.42 Å². The zero-order valence-corrected chi connectivity index (χ0v) is 17.0. The van der Waals surface area contributed by atoms with Crippen LogP contribution in [0.2, 0.25) is 5.02 Å². The van der Waals surface area contributed by atoms with Gasteiger partial charge in [-0.05, 0) is 43.3 Å². The van der Waals surface area contributed by atoms with Crippen LogP contribution in [0.25, 0.3) is 11.0 Å². The van der Waals surface area contributed by atoms with Crippen molar-refractivity contribution in [1.29, 1.82) is 0 Å². The van der Waals surface area contributed by atoms with Gasteiger partial charge in [0.25, 0.3) is 10.0 Å². The van der Waals surface area contributed by atoms with Gasteiger partial charge in [-0.3, -0.25) is 4.72 Å². The molecule has 4 aromatic rings. The molecule has 2 N–H and O–H groups in total. The fourth-order valence-corrected chi connectivity index (χ4v) is 3.94. The van der Waals surface area contributed by atoms with Gasteiger partial charge in [-0.1, -0.05) is 53.6 Å². The molecule has 0 radical (unpaired) electrons. The highest BCUT2D eigenvalue weighted by Gasteiger charge is 2.19. The molecule has 0 aliphatic heterocycles. The highest BCUT2D eigenvalue weighted by Crippen LogP contribution is 2.30. The number of fused-ring (bicyclic) bond motifs is 1. The van der Waals surface area contributed by atoms with E-state index >= 15 is 0 Å². The van der Waals surface area contributed by atoms with E-state index in [-0.39, 0.29) is 16.5 Å². The number of sulfonamides is 1. The molecule has 0 fully saturated rings. The van der Waals surface area contributed by atoms with E-state index < -0.39 is 10.0 Å². The number of para-hydroxylation sites is 3. The zero-order chi connectivity index (χ0) is 20.4. The molecule has 0 aliphatic rings. The van der Waals surface area contributed by atoms with Crippen molar-refractivity contribution in [2.75, 3.05) is 10.0 Å². The van der Waals surface area contributed by atoms with Crippen LogP contribution in [-0.4, -0.2) is 18.4 Å². The molecule has 0 saturated carbocycles. The molecule has 6 nitrogen and oxygen atoms in total. The maximum absolute atomic E-state index is 12.9. The minimum absolute atomic E-state index is 0.0872. The smallest absolute Gasteiger partial charge is 0.263 e. The third-order valence-electron chi connectivity index (χ3n) is 4.26. The van der Waals surface area contributed by atoms with Crippen LogP contribution in [-0.2, 0) is 10.0 Å². The summed E-state index contributed by atoms with van der Waals surface area (Å²) in [4.78, 5) is 9.16. The lowest BCUT2D eigenvalue weighted by Gasteiger charge is -2.14. The number of hydrogen-bond acceptors (Lipinski definition) is 5. The second-order valence-corrected chi connectivity index (χ2v) is 8.52. The molecule has 29 heavy (non-hydrogen) atoms. The zero-order valence-electron chi connectivity index (χ0n) is 15.4. The highest BCUT2D eigenvalue weighted by molar-refractivity contribution is 7.92. The van der Waals surface area contributed by atoms with Crippen LogP contribution in [0.4, 0.5) is 17.3 Å². The Morgan fingerprint density at radius 2 is 1.38 bits per heavy atom. The van der Waals surface area contributed by atoms with E-state index in [1.165, 1.54) is 0 Å². The van der Waals surface area contributed by atoms with Gasteiger partial charge in [0.05, 0.1) is 26.6 Å². The Balaban J connectivity index is 1.79. The van der Waals surface area contributed by atoms with Gasteiger partial charge in [0, 0.05) is 0 Å². The predicted molar refractivity (Wildman–Crippen MR) is 116 cm³/mol. The monoisotopic (exact) mass is 424 g/mol. The van der Waals surface area contributed by atoms with Gasteiger partial charge in [-0.2, -0.15) is 0 Å². The normalized spacial score (nSPS) is 11.4. The highest BCUT2D eigenvalue weighted by atomic mass is 35.5. The van der Waals surface area contributed by atoms with Gasteiger partial charge in [-0.15, -0.1) is 0 Å². The van der Waals surface area contributed by atoms with Crippen LogP contribution < -0.4 is 10.0 Å². The van der Waals surface area contributed by atoms with Crippen molar-refractivity contribution in [2.45, 2.75) is 11.8 Å². The lowest BCUT2D eigenvalue weighted by molar-refractivity contribution is 0.601. The van der Waals surface area contributed by atoms with Gasteiger partial charge >= 0.3 is 0 Å². The molecular weight excluding hydrogens is 408 g/mol. The lowest BCUT2D eigenvalue weighted by Crippen LogP contribution is -2.16. The second-order valence-electron chi connectivity index (χ2n) is 6.43. The largest absolute Gasteiger partial charge is 0.336 e. The summed E-state index contributed by atoms with van der Waals surface area (Å²) >= 11 is 6.24. The van der Waals surface area contributed by atoms with Gasteiger partial charge in [0.15, 0.2) is 11.6 Å². The topological polar surface area (TPSA) is 84.0 Å². The second kappa shape index (κ2) is 7.69. The molecule has 0 bridgehead atoms. The summed E-state index contributed by atoms with van der Waals surface area (Å²) < 4.78 is 28.3. The van der Waals surface area contributed by atoms with E-state index in [1.54, 1.807) is 54.6 Å². The number of aromatic nitrogens is 2. The van der Waals surface area contributed by atoms with Crippen LogP contribution >= 0.6 is 11.6 Å². The first kappa shape index (κ1) is 19.2. The van der Waals surface area contributed by atoms with Gasteiger partial charge < -0.3 is 5.32 Å². The Bertz CT molecular complexity index is 1290. The number of aryl methyl sites for hydroxylation is 1. The van der Waals surface area contributed by atoms with E-state index in [4.69, 9.17) is 11.6 Å². The first-order valence-corrected chi connectivity index (χ1v) is 10.7. The minimum Gasteiger partial charge on any atom is -0.336 e. The lowest BCUT2D eigenvalue weighted by atomic mass is 10.2. The number of benzene rings is 3. The number of rotatable bonds is 5. The van der Waals surface area contributed by atoms with Crippen LogP contribution in [0.5, 0.6) is 0 Å². The quantitative estimate of drug-likeness (QED) is 0.463. The van der Waals surface area contributed by atoms with Crippen molar-refractivity contribution in [3.05, 3.63) is 83.4 Å². The summed E-state index contributed by atoms with van der Waals surface area (Å²) in [5.41, 5.74) is 2.75. The first-order chi connectivity index (χ1) is 13.9. The van der Waals surface area contributed by atoms with Crippen molar-refractivity contribution in [3.8, 4) is 0 Å². The van der Waals surface area contributed by atoms with Crippen molar-refractivity contribution in [1.82, 2.24) is 9.97 Å². The molecule has 1 aromatic heterocycles. The third kappa shape index (κ3) is 4.16. The molecule has 3 aromatic carbocycles. The van der Waals surface area contributed by atoms with Crippen molar-refractivity contribution < 1.29 is 8.42 Å². The molecule has 0 saturated heterocycles. The molecule has 4 rings (SSSR count). The fourth-order valence-electron chi connectivity index (χ4n) is 2.75. The fraction of sp³-hybridized carbons (Fsp3) is 0.0476. The molecule has 0 amide bonds. The number of nitrogens with zero attached hydrogens (tertiary/aromatic N) is 2. The summed E-state index contributed by atoms with van der Waals surface area (Å²) in [6, 6.07) is 20.9. The van der Waals surface area contributed by atoms with E-state index in [0.29, 0.717) is 21.7 Å². The Kier molecular flexibility index (Phi) is 5.08. The summed E-state index contributed by atoms with van der Waals surface area (Å²) in [6.45, 7) is 1.89. The molecular formula is C21H17ClN4O2S. The third-order valence-corrected chi connectivity index (χ3v) is 5.94. The SMILES string of the molecule is Cc1ccc(S(=O)(=O)Nc2nc3ccccc3nc2Nc2ccccc2Cl)cc1. The van der Waals surface area contributed by atoms with E-state index in [0.717, 1.165) is 5.56 Å². The number of hydrogen-bond donors (Lipinski definition) is 2. The Labute approximate surface area is 173 Å². The van der Waals surface area contributed by atoms with Gasteiger partial charge in [0.1, 0.15) is 0 Å². The predicted octanol–water partition coefficient (Wildman–Crippen LogP) is 5.14. The first-order valence-electron chi connectivity index (χ1n) is 8.80. The molecule has 0 spiro atoms. The summed E-state index contributed by atoms with van der Waals surface area (Å²) in [5, 5.41) is 3.56. The maximum Gasteiger partial charge on any atom is 0.263 e. The van der Waals surface area contributed by atoms with Crippen molar-refractivity contribution in [2.24, 2.45) is 0 Å². The molecule has 1 heterocycles. The summed E-state index contributed by atoms with van der Waals surface area (Å²) in [5.74, 6) is 0.344. The Hall–Kier alpha value is -3.16. The molecule has 0 aliphatic carbocycles. The van der Waals surface area contributed by atoms with E-state index in [2.05, 4.69) is 20.0 Å². The van der Waals surface area contributed by atoms with Crippen LogP contribution in [0.15, 0.2) is 77.7 Å². The van der Waals surface area contributed by atoms with Crippen molar-refractivity contribution >= 4 is 50.0 Å². The summed E-state index contributed by atoms with van der Waals surface area (Å²) in [7, 11) is -3.85. The number of halogens is 1. The van der Waals surface area contributed by atoms with Crippen LogP contribution in [0.1, 0.15) is 5.56 Å². The molecule has 0 unspecified atom stereocenters. The van der Waals surface area contributed by atoms with E-state index in [1.807, 2.05) is 25.1 Å². The molecule has 146 valence electrons. The average molecular weight is 425 g/mol. The van der Waals surface area contributed by atoms with Crippen molar-refractivity contribution in [3.63, 3.8) is 0 Å². The average Bonchev–Trinajstić information content (AvgIpc) is 2.70. The standard InChI is InChI=1S/C21H17ClN4O2S/c1-14-10-12-15(13-11-14)29(27,28)26-21-20(23-17-7-3-2-6-16(17)22)24-18-8-4-5-9-19(18)25-21/h2-13H,1H3,(H,23,24)(H,25,26). The Morgan fingerprint density at radius 1 is 0.793 bits per heavy atom. The summed E-state index contributed by atoms with van der Waals surface area (Å²) in [6.07, 6.45) is 0. The van der Waals surface area contributed by atoms with Crippen LogP contribution in [0, 0.1) is 6.92 Å². The number of nitrogens with one attached hydrogen (secondary N) is 2.